The monoisotopic (exact) mass is 338 g/mol. The molecule has 0 unspecified atom stereocenters. The van der Waals surface area contributed by atoms with Gasteiger partial charge in [0, 0.05) is 0 Å². The van der Waals surface area contributed by atoms with Crippen LogP contribution in [0, 0.1) is 56.2 Å². The van der Waals surface area contributed by atoms with Gasteiger partial charge in [-0.2, -0.15) is 21.0 Å². The average molecular weight is 338 g/mol. The zero-order valence-corrected chi connectivity index (χ0v) is 11.1. The highest BCUT2D eigenvalue weighted by molar-refractivity contribution is 5.70. The number of halogens is 6. The Morgan fingerprint density at radius 3 is 0.958 bits per heavy atom. The molecule has 118 valence electrons. The van der Waals surface area contributed by atoms with Crippen molar-refractivity contribution >= 4 is 0 Å². The van der Waals surface area contributed by atoms with E-state index in [1.165, 1.54) is 0 Å². The molecule has 4 nitrogen and oxygen atoms in total. The lowest BCUT2D eigenvalue weighted by Gasteiger charge is -2.30. The van der Waals surface area contributed by atoms with Crippen LogP contribution >= 0.6 is 0 Å². The van der Waals surface area contributed by atoms with Gasteiger partial charge in [0.25, 0.3) is 0 Å². The van der Waals surface area contributed by atoms with E-state index in [2.05, 4.69) is 0 Å². The number of nitriles is 4. The van der Waals surface area contributed by atoms with Gasteiger partial charge in [0.2, 0.25) is 10.8 Å². The van der Waals surface area contributed by atoms with Crippen molar-refractivity contribution in [1.82, 2.24) is 0 Å². The Hall–Kier alpha value is -3.50. The number of hydrogen-bond donors (Lipinski definition) is 0. The molecule has 2 aliphatic carbocycles. The average Bonchev–Trinajstić information content (AvgIpc) is 2.59. The van der Waals surface area contributed by atoms with Crippen molar-refractivity contribution in [3.05, 3.63) is 46.1 Å². The maximum atomic E-state index is 14.3. The topological polar surface area (TPSA) is 95.2 Å². The number of fused-ring (bicyclic) bond motifs is 1. The highest BCUT2D eigenvalue weighted by Gasteiger charge is 2.58. The van der Waals surface area contributed by atoms with Crippen molar-refractivity contribution in [3.8, 4) is 24.3 Å². The molecule has 0 aromatic heterocycles. The molecule has 2 rings (SSSR count). The van der Waals surface area contributed by atoms with Gasteiger partial charge in [0.05, 0.1) is 35.4 Å². The first kappa shape index (κ1) is 16.9. The lowest BCUT2D eigenvalue weighted by molar-refractivity contribution is 0.348. The minimum atomic E-state index is -3.58. The Balaban J connectivity index is 3.11. The van der Waals surface area contributed by atoms with Crippen LogP contribution < -0.4 is 0 Å². The lowest BCUT2D eigenvalue weighted by Crippen LogP contribution is -2.31. The van der Waals surface area contributed by atoms with Gasteiger partial charge >= 0.3 is 0 Å². The predicted octanol–water partition coefficient (Wildman–Crippen LogP) is 3.83. The summed E-state index contributed by atoms with van der Waals surface area (Å²) < 4.78 is 84.7. The number of allylic oxidation sites excluding steroid dienone is 8. The van der Waals surface area contributed by atoms with Gasteiger partial charge in [-0.1, -0.05) is 0 Å². The van der Waals surface area contributed by atoms with Crippen LogP contribution in [0.4, 0.5) is 26.3 Å². The molecule has 0 amide bonds. The van der Waals surface area contributed by atoms with Gasteiger partial charge in [0.15, 0.2) is 35.0 Å². The second-order valence-corrected chi connectivity index (χ2v) is 4.58. The smallest absolute Gasteiger partial charge is 0.208 e. The van der Waals surface area contributed by atoms with Crippen molar-refractivity contribution in [2.45, 2.75) is 0 Å². The SMILES string of the molecule is N#CC1(C#N)C(F)=C(F)C2=C(F)C(C#N)(C#N)C(F)=C(F)C2=C1F. The molecule has 0 aromatic rings. The Morgan fingerprint density at radius 1 is 0.500 bits per heavy atom. The van der Waals surface area contributed by atoms with E-state index in [4.69, 9.17) is 21.0 Å². The first-order valence-corrected chi connectivity index (χ1v) is 5.78. The number of rotatable bonds is 0. The Kier molecular flexibility index (Phi) is 3.52. The summed E-state index contributed by atoms with van der Waals surface area (Å²) in [6.45, 7) is 0. The van der Waals surface area contributed by atoms with Gasteiger partial charge in [-0.05, 0) is 0 Å². The van der Waals surface area contributed by atoms with Crippen molar-refractivity contribution < 1.29 is 26.3 Å². The second-order valence-electron chi connectivity index (χ2n) is 4.58. The van der Waals surface area contributed by atoms with Gasteiger partial charge in [-0.15, -0.1) is 0 Å². The first-order valence-electron chi connectivity index (χ1n) is 5.78. The molecular weight excluding hydrogens is 338 g/mol. The van der Waals surface area contributed by atoms with E-state index in [9.17, 15) is 26.3 Å². The molecule has 0 aromatic carbocycles. The third kappa shape index (κ3) is 1.55. The third-order valence-corrected chi connectivity index (χ3v) is 3.50. The fraction of sp³-hybridized carbons (Fsp3) is 0.143. The fourth-order valence-corrected chi connectivity index (χ4v) is 2.19. The van der Waals surface area contributed by atoms with Crippen LogP contribution in [0.25, 0.3) is 0 Å². The molecule has 0 spiro atoms. The zero-order valence-electron chi connectivity index (χ0n) is 11.1. The summed E-state index contributed by atoms with van der Waals surface area (Å²) in [6.07, 6.45) is 0. The first-order chi connectivity index (χ1) is 11.2. The third-order valence-electron chi connectivity index (χ3n) is 3.50. The van der Waals surface area contributed by atoms with Crippen LogP contribution in [0.5, 0.6) is 0 Å². The lowest BCUT2D eigenvalue weighted by atomic mass is 9.72. The van der Waals surface area contributed by atoms with Crippen molar-refractivity contribution in [2.75, 3.05) is 0 Å². The van der Waals surface area contributed by atoms with Gasteiger partial charge < -0.3 is 0 Å². The van der Waals surface area contributed by atoms with Crippen LogP contribution in [-0.2, 0) is 0 Å². The zero-order chi connectivity index (χ0) is 18.4. The molecule has 0 radical (unpaired) electrons. The van der Waals surface area contributed by atoms with Crippen LogP contribution in [-0.4, -0.2) is 0 Å². The molecule has 24 heavy (non-hydrogen) atoms. The molecule has 0 heterocycles. The quantitative estimate of drug-likeness (QED) is 0.627. The Labute approximate surface area is 129 Å². The molecule has 2 aliphatic rings. The Bertz CT molecular complexity index is 863. The highest BCUT2D eigenvalue weighted by atomic mass is 19.2. The molecule has 0 atom stereocenters. The van der Waals surface area contributed by atoms with Crippen LogP contribution in [0.2, 0.25) is 0 Å². The maximum absolute atomic E-state index is 14.3. The second kappa shape index (κ2) is 5.01. The van der Waals surface area contributed by atoms with Gasteiger partial charge in [-0.3, -0.25) is 0 Å². The van der Waals surface area contributed by atoms with Gasteiger partial charge in [0.1, 0.15) is 0 Å². The highest BCUT2D eigenvalue weighted by Crippen LogP contribution is 2.57. The molecule has 0 saturated carbocycles. The normalized spacial score (nSPS) is 21.6. The summed E-state index contributed by atoms with van der Waals surface area (Å²) in [7, 11) is 0. The largest absolute Gasteiger partial charge is 0.248 e. The summed E-state index contributed by atoms with van der Waals surface area (Å²) in [5.74, 6) is -14.2. The number of nitrogens with zero attached hydrogens (tertiary/aromatic N) is 4. The summed E-state index contributed by atoms with van der Waals surface area (Å²) in [5, 5.41) is 35.1. The van der Waals surface area contributed by atoms with E-state index >= 15 is 0 Å². The van der Waals surface area contributed by atoms with Crippen LogP contribution in [0.3, 0.4) is 0 Å². The van der Waals surface area contributed by atoms with E-state index in [0.29, 0.717) is 0 Å². The molecule has 0 N–H and O–H groups in total. The van der Waals surface area contributed by atoms with E-state index in [0.717, 1.165) is 24.3 Å². The molecule has 10 heteroatoms. The van der Waals surface area contributed by atoms with Crippen LogP contribution in [0.1, 0.15) is 0 Å². The summed E-state index contributed by atoms with van der Waals surface area (Å²) in [6, 6.07) is 3.10. The summed E-state index contributed by atoms with van der Waals surface area (Å²) >= 11 is 0. The summed E-state index contributed by atoms with van der Waals surface area (Å²) in [4.78, 5) is 0. The van der Waals surface area contributed by atoms with E-state index in [1.807, 2.05) is 0 Å². The standard InChI is InChI=1S/C14F6N4/c15-7-6-5(9(17)13(1-21,2-22)11(7)19)8(16)12(20)14(3-23,4-24)10(6)18. The molecule has 0 fully saturated rings. The van der Waals surface area contributed by atoms with Crippen LogP contribution in [0.15, 0.2) is 46.1 Å². The molecule has 0 aliphatic heterocycles. The van der Waals surface area contributed by atoms with Gasteiger partial charge in [-0.25, -0.2) is 26.3 Å². The summed E-state index contributed by atoms with van der Waals surface area (Å²) in [5.41, 5.74) is -10.9. The molecule has 0 bridgehead atoms. The van der Waals surface area contributed by atoms with E-state index in [1.54, 1.807) is 0 Å². The van der Waals surface area contributed by atoms with Crippen molar-refractivity contribution in [1.29, 1.82) is 21.0 Å². The fourth-order valence-electron chi connectivity index (χ4n) is 2.19. The van der Waals surface area contributed by atoms with E-state index < -0.39 is 56.9 Å². The van der Waals surface area contributed by atoms with Crippen molar-refractivity contribution in [3.63, 3.8) is 0 Å². The molecule has 0 saturated heterocycles. The van der Waals surface area contributed by atoms with E-state index in [-0.39, 0.29) is 0 Å². The predicted molar refractivity (Wildman–Crippen MR) is 62.1 cm³/mol. The minimum absolute atomic E-state index is 0.775. The minimum Gasteiger partial charge on any atom is -0.208 e. The van der Waals surface area contributed by atoms with Crippen molar-refractivity contribution in [2.24, 2.45) is 10.8 Å². The molecular formula is C14F6N4. The Morgan fingerprint density at radius 2 is 0.750 bits per heavy atom. The maximum Gasteiger partial charge on any atom is 0.248 e. The number of hydrogen-bond acceptors (Lipinski definition) is 4.